The van der Waals surface area contributed by atoms with Crippen LogP contribution in [0.3, 0.4) is 0 Å². The number of nitrogens with one attached hydrogen (secondary N) is 1. The number of hydrogen-bond donors (Lipinski definition) is 1. The van der Waals surface area contributed by atoms with Crippen LogP contribution in [0.2, 0.25) is 0 Å². The third kappa shape index (κ3) is 6.03. The monoisotopic (exact) mass is 498 g/mol. The van der Waals surface area contributed by atoms with Gasteiger partial charge in [-0.05, 0) is 48.4 Å². The molecule has 4 rings (SSSR count). The zero-order chi connectivity index (χ0) is 24.1. The van der Waals surface area contributed by atoms with E-state index >= 15 is 0 Å². The lowest BCUT2D eigenvalue weighted by atomic mass is 10.1. The number of ether oxygens (including phenoxy) is 2. The standard InChI is InChI=1S/C25H26N2O5S2/c1-18-14-19(17-33-21-6-4-3-5-7-21)8-10-22(18)26-25(28)16-27(34(2,29)30)20-9-11-23-24(15-20)32-13-12-31-23/h3-11,14-15H,12-13,16-17H2,1-2H3,(H,26,28). The Kier molecular flexibility index (Phi) is 7.33. The molecule has 3 aromatic carbocycles. The van der Waals surface area contributed by atoms with Crippen molar-refractivity contribution in [1.29, 1.82) is 0 Å². The van der Waals surface area contributed by atoms with Crippen molar-refractivity contribution >= 4 is 39.1 Å². The van der Waals surface area contributed by atoms with Crippen molar-refractivity contribution in [2.45, 2.75) is 17.6 Å². The van der Waals surface area contributed by atoms with E-state index in [1.165, 1.54) is 4.90 Å². The minimum Gasteiger partial charge on any atom is -0.486 e. The lowest BCUT2D eigenvalue weighted by molar-refractivity contribution is -0.114. The van der Waals surface area contributed by atoms with Crippen molar-refractivity contribution in [2.75, 3.05) is 35.6 Å². The number of nitrogens with zero attached hydrogens (tertiary/aromatic N) is 1. The first-order valence-electron chi connectivity index (χ1n) is 10.7. The van der Waals surface area contributed by atoms with Gasteiger partial charge in [0.15, 0.2) is 11.5 Å². The molecule has 3 aromatic rings. The normalized spacial score (nSPS) is 12.8. The summed E-state index contributed by atoms with van der Waals surface area (Å²) in [5.74, 6) is 1.38. The molecule has 1 heterocycles. The van der Waals surface area contributed by atoms with Crippen LogP contribution < -0.4 is 19.1 Å². The highest BCUT2D eigenvalue weighted by Crippen LogP contribution is 2.34. The first kappa shape index (κ1) is 24.0. The van der Waals surface area contributed by atoms with Crippen LogP contribution in [0, 0.1) is 6.92 Å². The molecule has 9 heteroatoms. The first-order chi connectivity index (χ1) is 16.3. The van der Waals surface area contributed by atoms with Crippen molar-refractivity contribution in [1.82, 2.24) is 0 Å². The van der Waals surface area contributed by atoms with Crippen LogP contribution in [-0.2, 0) is 20.6 Å². The van der Waals surface area contributed by atoms with Crippen molar-refractivity contribution < 1.29 is 22.7 Å². The van der Waals surface area contributed by atoms with Crippen LogP contribution >= 0.6 is 11.8 Å². The van der Waals surface area contributed by atoms with Crippen LogP contribution in [0.25, 0.3) is 0 Å². The second-order valence-electron chi connectivity index (χ2n) is 7.90. The summed E-state index contributed by atoms with van der Waals surface area (Å²) in [6, 6.07) is 20.8. The number of anilines is 2. The summed E-state index contributed by atoms with van der Waals surface area (Å²) in [7, 11) is -3.71. The van der Waals surface area contributed by atoms with Crippen molar-refractivity contribution in [3.05, 3.63) is 77.9 Å². The number of sulfonamides is 1. The van der Waals surface area contributed by atoms with E-state index in [1.807, 2.05) is 43.3 Å². The van der Waals surface area contributed by atoms with Gasteiger partial charge in [-0.2, -0.15) is 0 Å². The SMILES string of the molecule is Cc1cc(CSc2ccccc2)ccc1NC(=O)CN(c1ccc2c(c1)OCCO2)S(C)(=O)=O. The third-order valence-electron chi connectivity index (χ3n) is 5.21. The number of aryl methyl sites for hydroxylation is 1. The fraction of sp³-hybridized carbons (Fsp3) is 0.240. The molecular weight excluding hydrogens is 472 g/mol. The molecule has 1 amide bonds. The molecule has 0 unspecified atom stereocenters. The maximum Gasteiger partial charge on any atom is 0.245 e. The van der Waals surface area contributed by atoms with Crippen molar-refractivity contribution in [2.24, 2.45) is 0 Å². The quantitative estimate of drug-likeness (QED) is 0.462. The number of carbonyl (C=O) groups is 1. The van der Waals surface area contributed by atoms with E-state index in [0.29, 0.717) is 36.1 Å². The highest BCUT2D eigenvalue weighted by Gasteiger charge is 2.23. The second kappa shape index (κ2) is 10.4. The summed E-state index contributed by atoms with van der Waals surface area (Å²) >= 11 is 1.74. The topological polar surface area (TPSA) is 84.9 Å². The predicted molar refractivity (Wildman–Crippen MR) is 135 cm³/mol. The smallest absolute Gasteiger partial charge is 0.245 e. The minimum absolute atomic E-state index is 0.340. The number of thioether (sulfide) groups is 1. The van der Waals surface area contributed by atoms with Gasteiger partial charge < -0.3 is 14.8 Å². The summed E-state index contributed by atoms with van der Waals surface area (Å²) in [5.41, 5.74) is 3.03. The highest BCUT2D eigenvalue weighted by molar-refractivity contribution is 7.98. The van der Waals surface area contributed by atoms with E-state index in [1.54, 1.807) is 30.0 Å². The van der Waals surface area contributed by atoms with Gasteiger partial charge in [-0.3, -0.25) is 9.10 Å². The molecule has 0 spiro atoms. The molecule has 0 saturated heterocycles. The Morgan fingerprint density at radius 1 is 1.00 bits per heavy atom. The van der Waals surface area contributed by atoms with Gasteiger partial charge >= 0.3 is 0 Å². The van der Waals surface area contributed by atoms with Gasteiger partial charge in [-0.15, -0.1) is 11.8 Å². The average Bonchev–Trinajstić information content (AvgIpc) is 2.82. The molecule has 1 aliphatic heterocycles. The Bertz CT molecular complexity index is 1280. The number of amides is 1. The second-order valence-corrected chi connectivity index (χ2v) is 10.9. The van der Waals surface area contributed by atoms with Crippen molar-refractivity contribution in [3.63, 3.8) is 0 Å². The van der Waals surface area contributed by atoms with E-state index in [0.717, 1.165) is 27.4 Å². The molecule has 0 bridgehead atoms. The summed E-state index contributed by atoms with van der Waals surface area (Å²) < 4.78 is 37.0. The van der Waals surface area contributed by atoms with Gasteiger partial charge in [0.1, 0.15) is 19.8 Å². The summed E-state index contributed by atoms with van der Waals surface area (Å²) in [6.07, 6.45) is 1.07. The molecule has 0 aromatic heterocycles. The van der Waals surface area contributed by atoms with Gasteiger partial charge in [0, 0.05) is 22.4 Å². The number of rotatable bonds is 8. The Hall–Kier alpha value is -3.17. The van der Waals surface area contributed by atoms with Crippen molar-refractivity contribution in [3.8, 4) is 11.5 Å². The number of hydrogen-bond acceptors (Lipinski definition) is 6. The van der Waals surface area contributed by atoms with E-state index in [9.17, 15) is 13.2 Å². The molecule has 0 aliphatic carbocycles. The average molecular weight is 499 g/mol. The molecular formula is C25H26N2O5S2. The molecule has 1 N–H and O–H groups in total. The third-order valence-corrected chi connectivity index (χ3v) is 7.44. The Labute approximate surface area is 204 Å². The zero-order valence-electron chi connectivity index (χ0n) is 19.0. The number of carbonyl (C=O) groups excluding carboxylic acids is 1. The van der Waals surface area contributed by atoms with Crippen LogP contribution in [0.15, 0.2) is 71.6 Å². The zero-order valence-corrected chi connectivity index (χ0v) is 20.6. The number of fused-ring (bicyclic) bond motifs is 1. The summed E-state index contributed by atoms with van der Waals surface area (Å²) in [5, 5.41) is 2.84. The first-order valence-corrected chi connectivity index (χ1v) is 13.6. The molecule has 1 aliphatic rings. The molecule has 0 saturated carbocycles. The van der Waals surface area contributed by atoms with E-state index < -0.39 is 15.9 Å². The van der Waals surface area contributed by atoms with Crippen LogP contribution in [0.5, 0.6) is 11.5 Å². The number of benzene rings is 3. The Balaban J connectivity index is 1.43. The maximum absolute atomic E-state index is 12.8. The summed E-state index contributed by atoms with van der Waals surface area (Å²) in [4.78, 5) is 14.0. The van der Waals surface area contributed by atoms with Crippen LogP contribution in [0.1, 0.15) is 11.1 Å². The Morgan fingerprint density at radius 2 is 1.74 bits per heavy atom. The van der Waals surface area contributed by atoms with E-state index in [4.69, 9.17) is 9.47 Å². The molecule has 0 atom stereocenters. The maximum atomic E-state index is 12.8. The highest BCUT2D eigenvalue weighted by atomic mass is 32.2. The van der Waals surface area contributed by atoms with E-state index in [2.05, 4.69) is 17.4 Å². The lowest BCUT2D eigenvalue weighted by Crippen LogP contribution is -2.37. The fourth-order valence-electron chi connectivity index (χ4n) is 3.55. The van der Waals surface area contributed by atoms with Crippen LogP contribution in [0.4, 0.5) is 11.4 Å². The van der Waals surface area contributed by atoms with E-state index in [-0.39, 0.29) is 6.54 Å². The van der Waals surface area contributed by atoms with Crippen LogP contribution in [-0.4, -0.2) is 40.3 Å². The fourth-order valence-corrected chi connectivity index (χ4v) is 5.26. The summed E-state index contributed by atoms with van der Waals surface area (Å²) in [6.45, 7) is 2.38. The molecule has 178 valence electrons. The molecule has 0 radical (unpaired) electrons. The van der Waals surface area contributed by atoms with Gasteiger partial charge in [0.05, 0.1) is 11.9 Å². The lowest BCUT2D eigenvalue weighted by Gasteiger charge is -2.25. The molecule has 0 fully saturated rings. The minimum atomic E-state index is -3.71. The Morgan fingerprint density at radius 3 is 2.44 bits per heavy atom. The van der Waals surface area contributed by atoms with Gasteiger partial charge in [-0.1, -0.05) is 30.3 Å². The van der Waals surface area contributed by atoms with Gasteiger partial charge in [-0.25, -0.2) is 8.42 Å². The predicted octanol–water partition coefficient (Wildman–Crippen LogP) is 4.46. The molecule has 34 heavy (non-hydrogen) atoms. The van der Waals surface area contributed by atoms with Gasteiger partial charge in [0.2, 0.25) is 15.9 Å². The largest absolute Gasteiger partial charge is 0.486 e. The molecule has 7 nitrogen and oxygen atoms in total. The van der Waals surface area contributed by atoms with Gasteiger partial charge in [0.25, 0.3) is 0 Å².